The third kappa shape index (κ3) is 1.91. The van der Waals surface area contributed by atoms with Gasteiger partial charge in [0.1, 0.15) is 0 Å². The molecule has 0 saturated carbocycles. The van der Waals surface area contributed by atoms with Gasteiger partial charge in [0.25, 0.3) is 0 Å². The maximum atomic E-state index is 6.04. The predicted molar refractivity (Wildman–Crippen MR) is 71.5 cm³/mol. The normalized spacial score (nSPS) is 27.8. The fourth-order valence-corrected chi connectivity index (χ4v) is 3.21. The number of nitrogens with two attached hydrogens (primary N) is 1. The van der Waals surface area contributed by atoms with E-state index in [9.17, 15) is 0 Å². The molecule has 0 amide bonds. The van der Waals surface area contributed by atoms with Crippen molar-refractivity contribution in [2.45, 2.75) is 18.4 Å². The number of hydrogen-bond donors (Lipinski definition) is 1. The van der Waals surface area contributed by atoms with E-state index < -0.39 is 0 Å². The molecule has 1 aliphatic heterocycles. The number of hydrogen-bond acceptors (Lipinski definition) is 6. The molecule has 0 bridgehead atoms. The summed E-state index contributed by atoms with van der Waals surface area (Å²) in [5.74, 6) is 1.15. The Morgan fingerprint density at radius 1 is 1.56 bits per heavy atom. The fraction of sp³-hybridized carbons (Fsp3) is 0.455. The van der Waals surface area contributed by atoms with E-state index in [4.69, 9.17) is 15.0 Å². The van der Waals surface area contributed by atoms with Crippen molar-refractivity contribution in [1.29, 1.82) is 0 Å². The van der Waals surface area contributed by atoms with Gasteiger partial charge in [-0.05, 0) is 35.0 Å². The molecule has 1 saturated heterocycles. The highest BCUT2D eigenvalue weighted by molar-refractivity contribution is 9.11. The van der Waals surface area contributed by atoms with Crippen LogP contribution in [-0.4, -0.2) is 29.4 Å². The zero-order valence-electron chi connectivity index (χ0n) is 9.72. The zero-order chi connectivity index (χ0) is 12.8. The van der Waals surface area contributed by atoms with E-state index in [0.717, 1.165) is 8.66 Å². The maximum absolute atomic E-state index is 6.04. The van der Waals surface area contributed by atoms with Crippen LogP contribution in [0.15, 0.2) is 20.4 Å². The van der Waals surface area contributed by atoms with Crippen molar-refractivity contribution < 1.29 is 9.26 Å². The maximum Gasteiger partial charge on any atom is 0.236 e. The van der Waals surface area contributed by atoms with Gasteiger partial charge >= 0.3 is 0 Å². The second-order valence-corrected chi connectivity index (χ2v) is 7.03. The number of nitrogens with zero attached hydrogens (tertiary/aromatic N) is 2. The van der Waals surface area contributed by atoms with Crippen LogP contribution in [0, 0.1) is 0 Å². The lowest BCUT2D eigenvalue weighted by Gasteiger charge is -2.21. The third-order valence-electron chi connectivity index (χ3n) is 3.23. The monoisotopic (exact) mass is 329 g/mol. The summed E-state index contributed by atoms with van der Waals surface area (Å²) < 4.78 is 11.8. The minimum atomic E-state index is -0.389. The largest absolute Gasteiger partial charge is 0.379 e. The smallest absolute Gasteiger partial charge is 0.236 e. The molecule has 7 heteroatoms. The first-order valence-corrected chi connectivity index (χ1v) is 7.14. The average Bonchev–Trinajstić information content (AvgIpc) is 3.01. The van der Waals surface area contributed by atoms with Crippen molar-refractivity contribution in [2.75, 3.05) is 13.2 Å². The van der Waals surface area contributed by atoms with Crippen LogP contribution in [0.2, 0.25) is 0 Å². The highest BCUT2D eigenvalue weighted by atomic mass is 79.9. The van der Waals surface area contributed by atoms with Crippen molar-refractivity contribution in [3.63, 3.8) is 0 Å². The fourth-order valence-electron chi connectivity index (χ4n) is 1.90. The molecule has 2 N–H and O–H groups in total. The summed E-state index contributed by atoms with van der Waals surface area (Å²) in [5, 5.41) is 4.02. The first-order chi connectivity index (χ1) is 8.59. The summed E-state index contributed by atoms with van der Waals surface area (Å²) in [4.78, 5) is 5.42. The van der Waals surface area contributed by atoms with Crippen LogP contribution in [0.5, 0.6) is 0 Å². The molecular weight excluding hydrogens is 318 g/mol. The van der Waals surface area contributed by atoms with Crippen LogP contribution in [0.1, 0.15) is 12.8 Å². The Bertz CT molecular complexity index is 570. The topological polar surface area (TPSA) is 74.2 Å². The lowest BCUT2D eigenvalue weighted by atomic mass is 9.86. The molecule has 5 nitrogen and oxygen atoms in total. The molecular formula is C11H12BrN3O2S. The highest BCUT2D eigenvalue weighted by Crippen LogP contribution is 2.34. The lowest BCUT2D eigenvalue weighted by molar-refractivity contribution is 0.169. The van der Waals surface area contributed by atoms with Crippen molar-refractivity contribution in [1.82, 2.24) is 10.1 Å². The van der Waals surface area contributed by atoms with E-state index in [1.54, 1.807) is 11.3 Å². The molecule has 96 valence electrons. The van der Waals surface area contributed by atoms with E-state index >= 15 is 0 Å². The summed E-state index contributed by atoms with van der Waals surface area (Å²) in [6.07, 6.45) is 0. The minimum absolute atomic E-state index is 0.110. The van der Waals surface area contributed by atoms with Gasteiger partial charge in [0.2, 0.25) is 11.7 Å². The molecule has 3 rings (SSSR count). The number of halogens is 1. The second-order valence-electron chi connectivity index (χ2n) is 4.57. The second kappa shape index (κ2) is 4.41. The number of ether oxygens (including phenoxy) is 1. The summed E-state index contributed by atoms with van der Waals surface area (Å²) in [6, 6.07) is 3.81. The molecule has 0 aromatic carbocycles. The van der Waals surface area contributed by atoms with Crippen LogP contribution in [-0.2, 0) is 10.2 Å². The molecule has 2 unspecified atom stereocenters. The van der Waals surface area contributed by atoms with Gasteiger partial charge in [-0.25, -0.2) is 0 Å². The van der Waals surface area contributed by atoms with Gasteiger partial charge in [0, 0.05) is 6.04 Å². The van der Waals surface area contributed by atoms with Gasteiger partial charge < -0.3 is 15.0 Å². The Morgan fingerprint density at radius 3 is 3.00 bits per heavy atom. The number of rotatable bonds is 2. The van der Waals surface area contributed by atoms with E-state index in [0.29, 0.717) is 24.9 Å². The van der Waals surface area contributed by atoms with E-state index in [-0.39, 0.29) is 11.5 Å². The highest BCUT2D eigenvalue weighted by Gasteiger charge is 2.44. The van der Waals surface area contributed by atoms with Gasteiger partial charge in [-0.15, -0.1) is 11.3 Å². The summed E-state index contributed by atoms with van der Waals surface area (Å²) >= 11 is 4.98. The Hall–Kier alpha value is -0.760. The SMILES string of the molecule is CC1(c2nc(-c3ccc(Br)s3)no2)COCC1N. The molecule has 18 heavy (non-hydrogen) atoms. The van der Waals surface area contributed by atoms with Crippen LogP contribution in [0.25, 0.3) is 10.7 Å². The quantitative estimate of drug-likeness (QED) is 0.913. The van der Waals surface area contributed by atoms with Crippen LogP contribution < -0.4 is 5.73 Å². The molecule has 2 atom stereocenters. The lowest BCUT2D eigenvalue weighted by Crippen LogP contribution is -2.42. The molecule has 1 aliphatic rings. The van der Waals surface area contributed by atoms with Crippen molar-refractivity contribution in [2.24, 2.45) is 5.73 Å². The summed E-state index contributed by atoms with van der Waals surface area (Å²) in [5.41, 5.74) is 5.65. The first-order valence-electron chi connectivity index (χ1n) is 5.53. The van der Waals surface area contributed by atoms with Gasteiger partial charge in [-0.3, -0.25) is 0 Å². The standard InChI is InChI=1S/C11H12BrN3O2S/c1-11(5-16-4-7(11)13)10-14-9(15-17-10)6-2-3-8(12)18-6/h2-3,7H,4-5,13H2,1H3. The number of thiophene rings is 1. The summed E-state index contributed by atoms with van der Waals surface area (Å²) in [6.45, 7) is 3.04. The Morgan fingerprint density at radius 2 is 2.39 bits per heavy atom. The molecule has 0 spiro atoms. The molecule has 2 aromatic rings. The van der Waals surface area contributed by atoms with E-state index in [1.807, 2.05) is 19.1 Å². The Labute approximate surface area is 116 Å². The van der Waals surface area contributed by atoms with Crippen molar-refractivity contribution >= 4 is 27.3 Å². The van der Waals surface area contributed by atoms with Crippen molar-refractivity contribution in [3.05, 3.63) is 21.8 Å². The van der Waals surface area contributed by atoms with E-state index in [1.165, 1.54) is 0 Å². The Balaban J connectivity index is 1.94. The number of aromatic nitrogens is 2. The minimum Gasteiger partial charge on any atom is -0.379 e. The van der Waals surface area contributed by atoms with Crippen LogP contribution in [0.4, 0.5) is 0 Å². The average molecular weight is 330 g/mol. The predicted octanol–water partition coefficient (Wildman–Crippen LogP) is 2.18. The van der Waals surface area contributed by atoms with Gasteiger partial charge in [-0.2, -0.15) is 4.98 Å². The van der Waals surface area contributed by atoms with Crippen LogP contribution >= 0.6 is 27.3 Å². The van der Waals surface area contributed by atoms with E-state index in [2.05, 4.69) is 26.1 Å². The molecule has 0 radical (unpaired) electrons. The van der Waals surface area contributed by atoms with Gasteiger partial charge in [0.05, 0.1) is 27.3 Å². The van der Waals surface area contributed by atoms with Crippen LogP contribution in [0.3, 0.4) is 0 Å². The van der Waals surface area contributed by atoms with Gasteiger partial charge in [0.15, 0.2) is 0 Å². The molecule has 2 aromatic heterocycles. The third-order valence-corrected chi connectivity index (χ3v) is 4.85. The van der Waals surface area contributed by atoms with Crippen molar-refractivity contribution in [3.8, 4) is 10.7 Å². The Kier molecular flexibility index (Phi) is 3.01. The zero-order valence-corrected chi connectivity index (χ0v) is 12.1. The molecule has 3 heterocycles. The van der Waals surface area contributed by atoms with Gasteiger partial charge in [-0.1, -0.05) is 5.16 Å². The summed E-state index contributed by atoms with van der Waals surface area (Å²) in [7, 11) is 0. The first kappa shape index (κ1) is 12.3. The molecule has 0 aliphatic carbocycles. The molecule has 1 fully saturated rings.